The molecule has 8 heteroatoms. The Morgan fingerprint density at radius 2 is 2.00 bits per heavy atom. The SMILES string of the molecule is Cn1nc(NS(=O)(=O)CCc2ccccc2)cc1C(=O)O. The van der Waals surface area contributed by atoms with E-state index in [1.54, 1.807) is 0 Å². The second-order valence-corrected chi connectivity index (χ2v) is 6.34. The molecule has 0 saturated carbocycles. The third-order valence-electron chi connectivity index (χ3n) is 2.86. The van der Waals surface area contributed by atoms with Crippen molar-refractivity contribution < 1.29 is 18.3 Å². The Hall–Kier alpha value is -2.35. The number of nitrogens with zero attached hydrogens (tertiary/aromatic N) is 2. The number of hydrogen-bond donors (Lipinski definition) is 2. The van der Waals surface area contributed by atoms with E-state index in [0.29, 0.717) is 6.42 Å². The molecule has 1 aromatic heterocycles. The van der Waals surface area contributed by atoms with E-state index in [0.717, 1.165) is 10.2 Å². The highest BCUT2D eigenvalue weighted by atomic mass is 32.2. The van der Waals surface area contributed by atoms with Crippen LogP contribution in [0.2, 0.25) is 0 Å². The summed E-state index contributed by atoms with van der Waals surface area (Å²) in [6, 6.07) is 10.4. The Morgan fingerprint density at radius 1 is 1.33 bits per heavy atom. The predicted octanol–water partition coefficient (Wildman–Crippen LogP) is 1.10. The summed E-state index contributed by atoms with van der Waals surface area (Å²) in [5, 5.41) is 12.7. The van der Waals surface area contributed by atoms with E-state index in [-0.39, 0.29) is 17.3 Å². The molecule has 0 atom stereocenters. The van der Waals surface area contributed by atoms with Gasteiger partial charge in [0.25, 0.3) is 0 Å². The van der Waals surface area contributed by atoms with Crippen LogP contribution in [-0.2, 0) is 23.5 Å². The van der Waals surface area contributed by atoms with Crippen LogP contribution in [0.1, 0.15) is 16.1 Å². The van der Waals surface area contributed by atoms with Crippen molar-refractivity contribution in [1.29, 1.82) is 0 Å². The molecule has 0 fully saturated rings. The van der Waals surface area contributed by atoms with Gasteiger partial charge in [-0.05, 0) is 12.0 Å². The topological polar surface area (TPSA) is 101 Å². The molecule has 21 heavy (non-hydrogen) atoms. The first-order chi connectivity index (χ1) is 9.87. The van der Waals surface area contributed by atoms with Gasteiger partial charge in [0.15, 0.2) is 5.82 Å². The lowest BCUT2D eigenvalue weighted by atomic mass is 10.2. The van der Waals surface area contributed by atoms with Crippen molar-refractivity contribution in [3.63, 3.8) is 0 Å². The van der Waals surface area contributed by atoms with Gasteiger partial charge < -0.3 is 5.11 Å². The molecule has 1 aromatic carbocycles. The van der Waals surface area contributed by atoms with Crippen LogP contribution in [0.4, 0.5) is 5.82 Å². The van der Waals surface area contributed by atoms with Crippen LogP contribution in [0, 0.1) is 0 Å². The number of sulfonamides is 1. The molecule has 0 aliphatic carbocycles. The Balaban J connectivity index is 2.04. The van der Waals surface area contributed by atoms with Crippen molar-refractivity contribution in [2.45, 2.75) is 6.42 Å². The number of hydrogen-bond acceptors (Lipinski definition) is 4. The molecule has 0 bridgehead atoms. The van der Waals surface area contributed by atoms with Gasteiger partial charge in [-0.15, -0.1) is 0 Å². The second kappa shape index (κ2) is 5.96. The number of aromatic carboxylic acids is 1. The second-order valence-electron chi connectivity index (χ2n) is 4.50. The number of carboxylic acid groups (broad SMARTS) is 1. The van der Waals surface area contributed by atoms with Crippen LogP contribution in [-0.4, -0.2) is 35.0 Å². The van der Waals surface area contributed by atoms with Crippen LogP contribution in [0.3, 0.4) is 0 Å². The first-order valence-electron chi connectivity index (χ1n) is 6.19. The first-order valence-corrected chi connectivity index (χ1v) is 7.84. The molecule has 112 valence electrons. The van der Waals surface area contributed by atoms with Crippen LogP contribution in [0.15, 0.2) is 36.4 Å². The summed E-state index contributed by atoms with van der Waals surface area (Å²) < 4.78 is 27.3. The molecule has 7 nitrogen and oxygen atoms in total. The van der Waals surface area contributed by atoms with Crippen LogP contribution in [0.25, 0.3) is 0 Å². The summed E-state index contributed by atoms with van der Waals surface area (Å²) in [7, 11) is -2.14. The van der Waals surface area contributed by atoms with Gasteiger partial charge in [-0.2, -0.15) is 5.10 Å². The molecule has 0 aliphatic heterocycles. The molecule has 2 N–H and O–H groups in total. The van der Waals surface area contributed by atoms with Gasteiger partial charge in [0.2, 0.25) is 10.0 Å². The number of nitrogens with one attached hydrogen (secondary N) is 1. The lowest BCUT2D eigenvalue weighted by molar-refractivity contribution is 0.0685. The van der Waals surface area contributed by atoms with E-state index in [2.05, 4.69) is 9.82 Å². The van der Waals surface area contributed by atoms with Gasteiger partial charge in [-0.1, -0.05) is 30.3 Å². The number of aryl methyl sites for hydroxylation is 2. The van der Waals surface area contributed by atoms with E-state index in [1.165, 1.54) is 13.1 Å². The average Bonchev–Trinajstić information content (AvgIpc) is 2.78. The van der Waals surface area contributed by atoms with Crippen molar-refractivity contribution >= 4 is 21.8 Å². The lowest BCUT2D eigenvalue weighted by Crippen LogP contribution is -2.18. The van der Waals surface area contributed by atoms with E-state index >= 15 is 0 Å². The number of anilines is 1. The summed E-state index contributed by atoms with van der Waals surface area (Å²) in [6.45, 7) is 0. The number of carbonyl (C=O) groups is 1. The van der Waals surface area contributed by atoms with Crippen LogP contribution in [0.5, 0.6) is 0 Å². The van der Waals surface area contributed by atoms with Gasteiger partial charge >= 0.3 is 5.97 Å². The molecule has 1 heterocycles. The average molecular weight is 309 g/mol. The fourth-order valence-corrected chi connectivity index (χ4v) is 2.85. The van der Waals surface area contributed by atoms with Gasteiger partial charge in [-0.3, -0.25) is 9.40 Å². The molecule has 0 saturated heterocycles. The van der Waals surface area contributed by atoms with Crippen molar-refractivity contribution in [3.05, 3.63) is 47.7 Å². The maximum atomic E-state index is 12.0. The maximum absolute atomic E-state index is 12.0. The third-order valence-corrected chi connectivity index (χ3v) is 4.12. The molecule has 0 amide bonds. The fraction of sp³-hybridized carbons (Fsp3) is 0.231. The lowest BCUT2D eigenvalue weighted by Gasteiger charge is -2.05. The van der Waals surface area contributed by atoms with Crippen molar-refractivity contribution in [2.24, 2.45) is 7.05 Å². The van der Waals surface area contributed by atoms with Crippen molar-refractivity contribution in [1.82, 2.24) is 9.78 Å². The Morgan fingerprint density at radius 3 is 2.57 bits per heavy atom. The fourth-order valence-electron chi connectivity index (χ4n) is 1.82. The number of aromatic nitrogens is 2. The largest absolute Gasteiger partial charge is 0.477 e. The summed E-state index contributed by atoms with van der Waals surface area (Å²) in [5.41, 5.74) is 0.825. The maximum Gasteiger partial charge on any atom is 0.354 e. The molecule has 0 aliphatic rings. The molecule has 2 aromatic rings. The van der Waals surface area contributed by atoms with Gasteiger partial charge in [0.05, 0.1) is 5.75 Å². The molecular formula is C13H15N3O4S. The molecule has 2 rings (SSSR count). The zero-order chi connectivity index (χ0) is 15.5. The van der Waals surface area contributed by atoms with Gasteiger partial charge in [-0.25, -0.2) is 13.2 Å². The van der Waals surface area contributed by atoms with Gasteiger partial charge in [0.1, 0.15) is 5.69 Å². The summed E-state index contributed by atoms with van der Waals surface area (Å²) in [5.74, 6) is -1.27. The van der Waals surface area contributed by atoms with Crippen molar-refractivity contribution in [2.75, 3.05) is 10.5 Å². The minimum absolute atomic E-state index is 0.00274. The highest BCUT2D eigenvalue weighted by molar-refractivity contribution is 7.92. The van der Waals surface area contributed by atoms with E-state index in [9.17, 15) is 13.2 Å². The van der Waals surface area contributed by atoms with E-state index in [1.807, 2.05) is 30.3 Å². The Kier molecular flexibility index (Phi) is 4.27. The van der Waals surface area contributed by atoms with Crippen molar-refractivity contribution in [3.8, 4) is 0 Å². The Bertz CT molecular complexity index is 738. The standard InChI is InChI=1S/C13H15N3O4S/c1-16-11(13(17)18)9-12(14-16)15-21(19,20)8-7-10-5-3-2-4-6-10/h2-6,9H,7-8H2,1H3,(H,14,15)(H,17,18). The minimum Gasteiger partial charge on any atom is -0.477 e. The molecule has 0 radical (unpaired) electrons. The highest BCUT2D eigenvalue weighted by Crippen LogP contribution is 2.11. The van der Waals surface area contributed by atoms with Crippen LogP contribution >= 0.6 is 0 Å². The zero-order valence-electron chi connectivity index (χ0n) is 11.4. The number of carboxylic acids is 1. The molecule has 0 spiro atoms. The third kappa shape index (κ3) is 4.06. The van der Waals surface area contributed by atoms with E-state index < -0.39 is 16.0 Å². The monoisotopic (exact) mass is 309 g/mol. The number of rotatable bonds is 6. The summed E-state index contributed by atoms with van der Waals surface area (Å²) in [6.07, 6.45) is 0.370. The first kappa shape index (κ1) is 15.0. The normalized spacial score (nSPS) is 11.3. The smallest absolute Gasteiger partial charge is 0.354 e. The van der Waals surface area contributed by atoms with E-state index in [4.69, 9.17) is 5.11 Å². The zero-order valence-corrected chi connectivity index (χ0v) is 12.2. The summed E-state index contributed by atoms with van der Waals surface area (Å²) in [4.78, 5) is 10.9. The highest BCUT2D eigenvalue weighted by Gasteiger charge is 2.16. The quantitative estimate of drug-likeness (QED) is 0.832. The Labute approximate surface area is 122 Å². The minimum atomic E-state index is -3.58. The molecule has 0 unspecified atom stereocenters. The number of benzene rings is 1. The summed E-state index contributed by atoms with van der Waals surface area (Å²) >= 11 is 0. The predicted molar refractivity (Wildman–Crippen MR) is 77.7 cm³/mol. The molecular weight excluding hydrogens is 294 g/mol. The van der Waals surface area contributed by atoms with Crippen LogP contribution < -0.4 is 4.72 Å². The van der Waals surface area contributed by atoms with Gasteiger partial charge in [0, 0.05) is 13.1 Å².